The van der Waals surface area contributed by atoms with Gasteiger partial charge in [0.15, 0.2) is 23.3 Å². The van der Waals surface area contributed by atoms with E-state index >= 15 is 0 Å². The molecule has 3 aromatic heterocycles. The molecule has 0 amide bonds. The Hall–Kier alpha value is -6.56. The van der Waals surface area contributed by atoms with Crippen LogP contribution in [0.1, 0.15) is 617 Å². The van der Waals surface area contributed by atoms with Gasteiger partial charge in [0.05, 0.1) is 26.4 Å². The number of unbranched alkanes of at least 4 members (excludes halogenated alkanes) is 76. The molecule has 4 aromatic carbocycles. The van der Waals surface area contributed by atoms with Gasteiger partial charge in [-0.25, -0.2) is 29.9 Å². The SMILES string of the molecule is CCCCCCCCCCCCCc1cc2c(cc1OCCCCCCCCCCCC)-c1nc-2nc2[nH]c(nc3nc(nc4[nH]c(n1)c1cc(OCCCCCCCCCCCC)c(CCCCCCCCCCCCC)cc41)-c1cc(CCCCCCCCCCCCC)c(OCCCCCCCCCCCC)cc1-3)c1cc(OCCCCCCCCCCCC)c(CCCCCCCCCCCCC)cc21. The third-order valence-electron chi connectivity index (χ3n) is 31.8. The average molecular weight is 1980 g/mol. The fourth-order valence-electron chi connectivity index (χ4n) is 22.4. The van der Waals surface area contributed by atoms with Gasteiger partial charge in [-0.15, -0.1) is 0 Å². The van der Waals surface area contributed by atoms with Gasteiger partial charge < -0.3 is 28.9 Å². The Kier molecular flexibility index (Phi) is 66.8. The van der Waals surface area contributed by atoms with E-state index in [2.05, 4.69) is 114 Å². The predicted octanol–water partition coefficient (Wildman–Crippen LogP) is 43.5. The number of hydrogen-bond donors (Lipinski definition) is 2. The first-order valence-electron chi connectivity index (χ1n) is 63.3. The number of H-pyrrole nitrogens is 2. The van der Waals surface area contributed by atoms with E-state index in [4.69, 9.17) is 48.9 Å². The number of rotatable bonds is 96. The van der Waals surface area contributed by atoms with Gasteiger partial charge in [-0.3, -0.25) is 0 Å². The van der Waals surface area contributed by atoms with Crippen LogP contribution in [0.2, 0.25) is 0 Å². The highest BCUT2D eigenvalue weighted by Gasteiger charge is 2.28. The topological polar surface area (TPSA) is 146 Å². The lowest BCUT2D eigenvalue weighted by Gasteiger charge is -2.14. The van der Waals surface area contributed by atoms with Crippen LogP contribution in [0.4, 0.5) is 0 Å². The molecule has 2 N–H and O–H groups in total. The van der Waals surface area contributed by atoms with E-state index in [1.807, 2.05) is 0 Å². The van der Waals surface area contributed by atoms with Crippen molar-refractivity contribution in [2.24, 2.45) is 0 Å². The second kappa shape index (κ2) is 79.5. The van der Waals surface area contributed by atoms with E-state index in [1.54, 1.807) is 0 Å². The summed E-state index contributed by atoms with van der Waals surface area (Å²) < 4.78 is 29.0. The van der Waals surface area contributed by atoms with Crippen molar-refractivity contribution in [3.05, 3.63) is 70.8 Å². The van der Waals surface area contributed by atoms with Crippen molar-refractivity contribution in [1.82, 2.24) is 39.9 Å². The van der Waals surface area contributed by atoms with E-state index in [-0.39, 0.29) is 0 Å². The lowest BCUT2D eigenvalue weighted by atomic mass is 9.98. The summed E-state index contributed by atoms with van der Waals surface area (Å²) in [5.41, 5.74) is 11.7. The summed E-state index contributed by atoms with van der Waals surface area (Å²) >= 11 is 0. The van der Waals surface area contributed by atoms with Gasteiger partial charge >= 0.3 is 0 Å². The Morgan fingerprint density at radius 2 is 0.299 bits per heavy atom. The van der Waals surface area contributed by atoms with Gasteiger partial charge in [0.1, 0.15) is 45.6 Å². The summed E-state index contributed by atoms with van der Waals surface area (Å²) in [6.45, 7) is 21.3. The third kappa shape index (κ3) is 48.2. The summed E-state index contributed by atoms with van der Waals surface area (Å²) in [5, 5.41) is 3.96. The number of hydrogen-bond acceptors (Lipinski definition) is 10. The molecule has 0 fully saturated rings. The van der Waals surface area contributed by atoms with Crippen molar-refractivity contribution in [2.75, 3.05) is 26.4 Å². The molecular formula is C132H218N8O4. The minimum Gasteiger partial charge on any atom is -0.493 e. The van der Waals surface area contributed by atoms with Crippen LogP contribution in [-0.4, -0.2) is 66.3 Å². The summed E-state index contributed by atoms with van der Waals surface area (Å²) in [6.07, 6.45) is 112. The number of aromatic nitrogens is 8. The number of nitrogens with zero attached hydrogens (tertiary/aromatic N) is 6. The molecule has 2 aliphatic rings. The highest BCUT2D eigenvalue weighted by Crippen LogP contribution is 2.45. The molecule has 0 aliphatic carbocycles. The standard InChI is InChI=1S/C132H218N8O4/c1-9-17-25-33-41-49-57-61-69-77-85-93-109-101-113-117(105-121(109)141-97-89-81-73-65-53-45-37-29-21-13-5)129-135-125(113)133-126-114-102-110(94-86-78-70-62-58-50-42-34-26-18-10-2)122(142-98-90-82-74-66-54-46-38-30-22-14-6)106-118(114)131(136-126)140-132-120-108-124(144-100-92-84-76-68-56-48-40-32-24-16-8)112(96-88-80-72-64-60-52-44-36-28-20-12-4)104-116(120)128(138-132)134-127-115-103-111(95-87-79-71-63-59-51-43-35-27-19-11-3)123(107-119(115)130(137-127)139-129)143-99-91-83-75-67-55-47-39-31-23-15-7/h101-108H,9-100H2,1-8H3,(H2,133,134,135,136,137,138,139,140). The molecule has 8 bridgehead atoms. The number of benzene rings is 4. The lowest BCUT2D eigenvalue weighted by Crippen LogP contribution is -2.02. The molecule has 810 valence electrons. The predicted molar refractivity (Wildman–Crippen MR) is 626 cm³/mol. The van der Waals surface area contributed by atoms with E-state index < -0.39 is 0 Å². The molecule has 12 heteroatoms. The normalized spacial score (nSPS) is 11.9. The van der Waals surface area contributed by atoms with E-state index in [0.29, 0.717) is 61.0 Å². The Morgan fingerprint density at radius 3 is 0.486 bits per heavy atom. The molecule has 0 atom stereocenters. The molecule has 9 rings (SSSR count). The fourth-order valence-corrected chi connectivity index (χ4v) is 22.4. The maximum Gasteiger partial charge on any atom is 0.164 e. The minimum atomic E-state index is 0.616. The van der Waals surface area contributed by atoms with E-state index in [9.17, 15) is 0 Å². The molecule has 2 aliphatic heterocycles. The zero-order valence-electron chi connectivity index (χ0n) is 95.0. The summed E-state index contributed by atoms with van der Waals surface area (Å²) in [7, 11) is 0. The molecule has 0 unspecified atom stereocenters. The Balaban J connectivity index is 1.25. The van der Waals surface area contributed by atoms with Crippen molar-refractivity contribution in [2.45, 2.75) is 620 Å². The Morgan fingerprint density at radius 1 is 0.153 bits per heavy atom. The van der Waals surface area contributed by atoms with Crippen molar-refractivity contribution >= 4 is 44.1 Å². The van der Waals surface area contributed by atoms with Gasteiger partial charge in [0.25, 0.3) is 0 Å². The zero-order chi connectivity index (χ0) is 101. The molecule has 144 heavy (non-hydrogen) atoms. The van der Waals surface area contributed by atoms with E-state index in [1.165, 1.54) is 510 Å². The van der Waals surface area contributed by atoms with Gasteiger partial charge in [0.2, 0.25) is 0 Å². The van der Waals surface area contributed by atoms with Gasteiger partial charge in [-0.1, -0.05) is 543 Å². The quantitative estimate of drug-likeness (QED) is 0.0353. The first kappa shape index (κ1) is 121. The minimum absolute atomic E-state index is 0.616. The highest BCUT2D eigenvalue weighted by molar-refractivity contribution is 6.08. The summed E-state index contributed by atoms with van der Waals surface area (Å²) in [5.74, 6) is 6.35. The monoisotopic (exact) mass is 1980 g/mol. The first-order valence-corrected chi connectivity index (χ1v) is 63.3. The van der Waals surface area contributed by atoms with Gasteiger partial charge in [0, 0.05) is 43.8 Å². The van der Waals surface area contributed by atoms with Gasteiger partial charge in [-0.05, 0) is 148 Å². The van der Waals surface area contributed by atoms with Crippen LogP contribution in [0.5, 0.6) is 23.0 Å². The molecule has 0 saturated carbocycles. The number of aryl methyl sites for hydroxylation is 4. The average Bonchev–Trinajstić information content (AvgIpc) is 1.58. The highest BCUT2D eigenvalue weighted by atomic mass is 16.5. The van der Waals surface area contributed by atoms with Crippen LogP contribution < -0.4 is 18.9 Å². The largest absolute Gasteiger partial charge is 0.493 e. The van der Waals surface area contributed by atoms with Crippen molar-refractivity contribution < 1.29 is 18.9 Å². The fraction of sp³-hybridized carbons (Fsp3) is 0.758. The molecule has 0 radical (unpaired) electrons. The molecule has 0 saturated heterocycles. The molecule has 12 nitrogen and oxygen atoms in total. The smallest absolute Gasteiger partial charge is 0.164 e. The van der Waals surface area contributed by atoms with Crippen LogP contribution in [0.3, 0.4) is 0 Å². The van der Waals surface area contributed by atoms with Crippen LogP contribution in [0.15, 0.2) is 48.5 Å². The van der Waals surface area contributed by atoms with Gasteiger partial charge in [-0.2, -0.15) is 0 Å². The number of aromatic amines is 2. The van der Waals surface area contributed by atoms with Crippen molar-refractivity contribution in [3.63, 3.8) is 0 Å². The maximum absolute atomic E-state index is 7.26. The lowest BCUT2D eigenvalue weighted by molar-refractivity contribution is 0.301. The summed E-state index contributed by atoms with van der Waals surface area (Å²) in [4.78, 5) is 43.5. The molecule has 0 spiro atoms. The van der Waals surface area contributed by atoms with Crippen LogP contribution in [0, 0.1) is 0 Å². The molecule has 5 heterocycles. The Labute approximate surface area is 883 Å². The van der Waals surface area contributed by atoms with E-state index in [0.717, 1.165) is 155 Å². The van der Waals surface area contributed by atoms with Crippen molar-refractivity contribution in [3.8, 4) is 68.5 Å². The second-order valence-corrected chi connectivity index (χ2v) is 44.9. The number of nitrogens with one attached hydrogen (secondary N) is 2. The third-order valence-corrected chi connectivity index (χ3v) is 31.8. The molecule has 7 aromatic rings. The van der Waals surface area contributed by atoms with Crippen LogP contribution in [0.25, 0.3) is 89.7 Å². The van der Waals surface area contributed by atoms with Crippen molar-refractivity contribution in [1.29, 1.82) is 0 Å². The zero-order valence-corrected chi connectivity index (χ0v) is 95.0. The Bertz CT molecular complexity index is 4030. The molecular weight excluding hydrogens is 1760 g/mol. The van der Waals surface area contributed by atoms with Crippen LogP contribution in [-0.2, 0) is 25.7 Å². The first-order chi connectivity index (χ1) is 71.3. The maximum atomic E-state index is 7.26. The number of ether oxygens (including phenoxy) is 4. The second-order valence-electron chi connectivity index (χ2n) is 44.9. The summed E-state index contributed by atoms with van der Waals surface area (Å²) in [6, 6.07) is 19.0. The number of fused-ring (bicyclic) bond motifs is 20. The van der Waals surface area contributed by atoms with Crippen LogP contribution >= 0.6 is 0 Å².